The molecule has 2 atom stereocenters. The molecule has 1 aromatic carbocycles. The number of hydrogen-bond acceptors (Lipinski definition) is 3. The minimum absolute atomic E-state index is 0.0453. The van der Waals surface area contributed by atoms with E-state index in [-0.39, 0.29) is 29.7 Å². The lowest BCUT2D eigenvalue weighted by Crippen LogP contribution is -2.33. The molecular formula is C19H26N2O4. The third-order valence-electron chi connectivity index (χ3n) is 4.62. The lowest BCUT2D eigenvalue weighted by atomic mass is 10.1. The van der Waals surface area contributed by atoms with E-state index in [9.17, 15) is 14.4 Å². The van der Waals surface area contributed by atoms with E-state index in [1.54, 1.807) is 24.1 Å². The van der Waals surface area contributed by atoms with Crippen LogP contribution in [0, 0.1) is 11.8 Å². The van der Waals surface area contributed by atoms with Gasteiger partial charge >= 0.3 is 5.97 Å². The smallest absolute Gasteiger partial charge is 0.306 e. The molecule has 0 heterocycles. The second kappa shape index (κ2) is 8.14. The Labute approximate surface area is 148 Å². The number of amides is 2. The van der Waals surface area contributed by atoms with Crippen LogP contribution in [-0.2, 0) is 16.1 Å². The molecule has 0 bridgehead atoms. The largest absolute Gasteiger partial charge is 0.481 e. The van der Waals surface area contributed by atoms with Gasteiger partial charge in [-0.25, -0.2) is 0 Å². The van der Waals surface area contributed by atoms with E-state index in [2.05, 4.69) is 5.32 Å². The Hall–Kier alpha value is -2.37. The molecule has 136 valence electrons. The summed E-state index contributed by atoms with van der Waals surface area (Å²) in [6.07, 6.45) is 1.79. The summed E-state index contributed by atoms with van der Waals surface area (Å²) in [6, 6.07) is 7.08. The van der Waals surface area contributed by atoms with Crippen LogP contribution in [0.5, 0.6) is 0 Å². The summed E-state index contributed by atoms with van der Waals surface area (Å²) in [7, 11) is 1.77. The van der Waals surface area contributed by atoms with Crippen molar-refractivity contribution in [2.75, 3.05) is 7.05 Å². The molecule has 1 saturated carbocycles. The molecule has 0 spiro atoms. The van der Waals surface area contributed by atoms with Gasteiger partial charge in [-0.15, -0.1) is 0 Å². The molecule has 2 N–H and O–H groups in total. The summed E-state index contributed by atoms with van der Waals surface area (Å²) in [5.41, 5.74) is 1.50. The Morgan fingerprint density at radius 2 is 1.84 bits per heavy atom. The Kier molecular flexibility index (Phi) is 6.17. The Morgan fingerprint density at radius 1 is 1.20 bits per heavy atom. The van der Waals surface area contributed by atoms with Gasteiger partial charge in [0.1, 0.15) is 0 Å². The fourth-order valence-electron chi connectivity index (χ4n) is 3.16. The van der Waals surface area contributed by atoms with Crippen LogP contribution in [0.4, 0.5) is 0 Å². The van der Waals surface area contributed by atoms with Crippen molar-refractivity contribution in [2.24, 2.45) is 11.8 Å². The van der Waals surface area contributed by atoms with Crippen LogP contribution in [0.15, 0.2) is 24.3 Å². The molecule has 0 aliphatic heterocycles. The van der Waals surface area contributed by atoms with Crippen molar-refractivity contribution in [2.45, 2.75) is 45.7 Å². The average molecular weight is 346 g/mol. The number of rotatable bonds is 6. The third kappa shape index (κ3) is 5.05. The van der Waals surface area contributed by atoms with E-state index in [1.165, 1.54) is 0 Å². The lowest BCUT2D eigenvalue weighted by Gasteiger charge is -2.19. The maximum absolute atomic E-state index is 12.3. The summed E-state index contributed by atoms with van der Waals surface area (Å²) in [5, 5.41) is 11.9. The molecular weight excluding hydrogens is 320 g/mol. The standard InChI is InChI=1S/C19H26N2O4/c1-12(2)18(23)21(3)11-13-4-6-14(7-5-13)17(22)20-16-9-8-15(10-16)19(24)25/h4-7,12,15-16H,8-11H2,1-3H3,(H,20,22)(H,24,25)/t15-,16+/m1/s1. The van der Waals surface area contributed by atoms with Crippen LogP contribution >= 0.6 is 0 Å². The quantitative estimate of drug-likeness (QED) is 0.827. The van der Waals surface area contributed by atoms with Crippen molar-refractivity contribution in [1.82, 2.24) is 10.2 Å². The highest BCUT2D eigenvalue weighted by atomic mass is 16.4. The first kappa shape index (κ1) is 19.0. The molecule has 0 aromatic heterocycles. The summed E-state index contributed by atoms with van der Waals surface area (Å²) < 4.78 is 0. The van der Waals surface area contributed by atoms with Gasteiger partial charge in [0.25, 0.3) is 5.91 Å². The van der Waals surface area contributed by atoms with Gasteiger partial charge in [-0.05, 0) is 37.0 Å². The maximum Gasteiger partial charge on any atom is 0.306 e. The molecule has 6 nitrogen and oxygen atoms in total. The van der Waals surface area contributed by atoms with Gasteiger partial charge in [-0.3, -0.25) is 14.4 Å². The molecule has 1 aliphatic rings. The van der Waals surface area contributed by atoms with Gasteiger partial charge in [0.05, 0.1) is 5.92 Å². The number of nitrogens with zero attached hydrogens (tertiary/aromatic N) is 1. The zero-order valence-corrected chi connectivity index (χ0v) is 15.0. The van der Waals surface area contributed by atoms with Crippen LogP contribution in [-0.4, -0.2) is 40.9 Å². The maximum atomic E-state index is 12.3. The highest BCUT2D eigenvalue weighted by Gasteiger charge is 2.30. The number of aliphatic carboxylic acids is 1. The normalized spacial score (nSPS) is 19.7. The summed E-state index contributed by atoms with van der Waals surface area (Å²) in [5.74, 6) is -1.30. The SMILES string of the molecule is CC(C)C(=O)N(C)Cc1ccc(C(=O)N[C@H]2CC[C@@H](C(=O)O)C2)cc1. The fraction of sp³-hybridized carbons (Fsp3) is 0.526. The monoisotopic (exact) mass is 346 g/mol. The van der Waals surface area contributed by atoms with E-state index in [0.29, 0.717) is 31.4 Å². The van der Waals surface area contributed by atoms with Crippen LogP contribution in [0.1, 0.15) is 49.0 Å². The highest BCUT2D eigenvalue weighted by molar-refractivity contribution is 5.94. The summed E-state index contributed by atoms with van der Waals surface area (Å²) in [4.78, 5) is 36.8. The molecule has 6 heteroatoms. The molecule has 0 saturated heterocycles. The molecule has 1 fully saturated rings. The topological polar surface area (TPSA) is 86.7 Å². The fourth-order valence-corrected chi connectivity index (χ4v) is 3.16. The molecule has 2 amide bonds. The molecule has 2 rings (SSSR count). The first-order chi connectivity index (χ1) is 11.8. The van der Waals surface area contributed by atoms with Crippen molar-refractivity contribution in [1.29, 1.82) is 0 Å². The Morgan fingerprint density at radius 3 is 2.36 bits per heavy atom. The zero-order chi connectivity index (χ0) is 18.6. The number of carbonyl (C=O) groups excluding carboxylic acids is 2. The summed E-state index contributed by atoms with van der Waals surface area (Å²) in [6.45, 7) is 4.23. The highest BCUT2D eigenvalue weighted by Crippen LogP contribution is 2.25. The van der Waals surface area contributed by atoms with Crippen molar-refractivity contribution in [3.05, 3.63) is 35.4 Å². The van der Waals surface area contributed by atoms with Gasteiger partial charge in [0, 0.05) is 31.1 Å². The van der Waals surface area contributed by atoms with Crippen molar-refractivity contribution in [3.8, 4) is 0 Å². The number of carboxylic acid groups (broad SMARTS) is 1. The molecule has 0 unspecified atom stereocenters. The van der Waals surface area contributed by atoms with E-state index < -0.39 is 5.97 Å². The van der Waals surface area contributed by atoms with E-state index in [0.717, 1.165) is 5.56 Å². The minimum Gasteiger partial charge on any atom is -0.481 e. The van der Waals surface area contributed by atoms with Crippen LogP contribution < -0.4 is 5.32 Å². The minimum atomic E-state index is -0.791. The molecule has 1 aromatic rings. The number of carboxylic acids is 1. The van der Waals surface area contributed by atoms with Gasteiger partial charge < -0.3 is 15.3 Å². The molecule has 1 aliphatic carbocycles. The Bertz CT molecular complexity index is 639. The third-order valence-corrected chi connectivity index (χ3v) is 4.62. The number of benzene rings is 1. The van der Waals surface area contributed by atoms with Gasteiger partial charge in [-0.1, -0.05) is 26.0 Å². The first-order valence-corrected chi connectivity index (χ1v) is 8.65. The van der Waals surface area contributed by atoms with Crippen LogP contribution in [0.25, 0.3) is 0 Å². The zero-order valence-electron chi connectivity index (χ0n) is 15.0. The van der Waals surface area contributed by atoms with Gasteiger partial charge in [0.2, 0.25) is 5.91 Å². The Balaban J connectivity index is 1.90. The molecule has 25 heavy (non-hydrogen) atoms. The van der Waals surface area contributed by atoms with Gasteiger partial charge in [0.15, 0.2) is 0 Å². The average Bonchev–Trinajstić information content (AvgIpc) is 3.03. The van der Waals surface area contributed by atoms with Crippen molar-refractivity contribution >= 4 is 17.8 Å². The van der Waals surface area contributed by atoms with E-state index in [1.807, 2.05) is 26.0 Å². The van der Waals surface area contributed by atoms with E-state index in [4.69, 9.17) is 5.11 Å². The second-order valence-corrected chi connectivity index (χ2v) is 7.06. The summed E-state index contributed by atoms with van der Waals surface area (Å²) >= 11 is 0. The van der Waals surface area contributed by atoms with Crippen LogP contribution in [0.3, 0.4) is 0 Å². The number of carbonyl (C=O) groups is 3. The number of nitrogens with one attached hydrogen (secondary N) is 1. The second-order valence-electron chi connectivity index (χ2n) is 7.06. The predicted molar refractivity (Wildman–Crippen MR) is 94.0 cm³/mol. The van der Waals surface area contributed by atoms with Gasteiger partial charge in [-0.2, -0.15) is 0 Å². The predicted octanol–water partition coefficient (Wildman–Crippen LogP) is 2.28. The molecule has 0 radical (unpaired) electrons. The van der Waals surface area contributed by atoms with E-state index >= 15 is 0 Å². The van der Waals surface area contributed by atoms with Crippen LogP contribution in [0.2, 0.25) is 0 Å². The van der Waals surface area contributed by atoms with Crippen molar-refractivity contribution < 1.29 is 19.5 Å². The van der Waals surface area contributed by atoms with Crippen molar-refractivity contribution in [3.63, 3.8) is 0 Å². The first-order valence-electron chi connectivity index (χ1n) is 8.65. The number of hydrogen-bond donors (Lipinski definition) is 2. The lowest BCUT2D eigenvalue weighted by molar-refractivity contribution is -0.141.